The molecule has 0 aromatic heterocycles. The van der Waals surface area contributed by atoms with E-state index in [1.165, 1.54) is 16.4 Å². The zero-order chi connectivity index (χ0) is 16.6. The molecule has 0 atom stereocenters. The first kappa shape index (κ1) is 15.5. The van der Waals surface area contributed by atoms with Crippen molar-refractivity contribution < 1.29 is 13.3 Å². The lowest BCUT2D eigenvalue weighted by Gasteiger charge is -2.19. The molecular formula is C16H16N2O4S. The monoisotopic (exact) mass is 332 g/mol. The van der Waals surface area contributed by atoms with E-state index >= 15 is 0 Å². The lowest BCUT2D eigenvalue weighted by atomic mass is 10.1. The van der Waals surface area contributed by atoms with E-state index < -0.39 is 14.9 Å². The summed E-state index contributed by atoms with van der Waals surface area (Å²) in [5.41, 5.74) is 2.92. The zero-order valence-electron chi connectivity index (χ0n) is 12.6. The van der Waals surface area contributed by atoms with E-state index in [-0.39, 0.29) is 11.4 Å². The van der Waals surface area contributed by atoms with Gasteiger partial charge in [0, 0.05) is 18.7 Å². The summed E-state index contributed by atoms with van der Waals surface area (Å²) in [5.74, 6) is -0.116. The van der Waals surface area contributed by atoms with Crippen molar-refractivity contribution >= 4 is 21.4 Å². The molecule has 1 aliphatic heterocycles. The molecule has 0 fully saturated rings. The molecule has 0 aliphatic carbocycles. The molecule has 2 aromatic rings. The topological polar surface area (TPSA) is 80.5 Å². The number of fused-ring (bicyclic) bond motifs is 1. The minimum Gasteiger partial charge on any atom is -0.269 e. The van der Waals surface area contributed by atoms with Crippen molar-refractivity contribution in [3.63, 3.8) is 0 Å². The number of rotatable bonds is 4. The summed E-state index contributed by atoms with van der Waals surface area (Å²) in [6.45, 7) is 2.26. The van der Waals surface area contributed by atoms with Gasteiger partial charge in [0.25, 0.3) is 5.69 Å². The van der Waals surface area contributed by atoms with Gasteiger partial charge in [-0.1, -0.05) is 35.9 Å². The highest BCUT2D eigenvalue weighted by molar-refractivity contribution is 7.92. The van der Waals surface area contributed by atoms with Crippen LogP contribution in [0.2, 0.25) is 0 Å². The summed E-state index contributed by atoms with van der Waals surface area (Å²) in [6.07, 6.45) is 0.570. The van der Waals surface area contributed by atoms with Crippen LogP contribution in [0.25, 0.3) is 0 Å². The molecule has 0 bridgehead atoms. The van der Waals surface area contributed by atoms with Crippen LogP contribution in [-0.4, -0.2) is 19.9 Å². The lowest BCUT2D eigenvalue weighted by Crippen LogP contribution is -2.30. The molecule has 0 saturated heterocycles. The van der Waals surface area contributed by atoms with Gasteiger partial charge < -0.3 is 0 Å². The van der Waals surface area contributed by atoms with Crippen molar-refractivity contribution in [2.75, 3.05) is 10.8 Å². The zero-order valence-corrected chi connectivity index (χ0v) is 13.4. The predicted molar refractivity (Wildman–Crippen MR) is 87.9 cm³/mol. The van der Waals surface area contributed by atoms with Gasteiger partial charge >= 0.3 is 0 Å². The van der Waals surface area contributed by atoms with Crippen LogP contribution in [0.15, 0.2) is 42.5 Å². The lowest BCUT2D eigenvalue weighted by molar-refractivity contribution is -0.384. The highest BCUT2D eigenvalue weighted by Gasteiger charge is 2.30. The molecule has 0 spiro atoms. The van der Waals surface area contributed by atoms with Crippen molar-refractivity contribution in [3.05, 3.63) is 69.3 Å². The van der Waals surface area contributed by atoms with Gasteiger partial charge in [-0.15, -0.1) is 0 Å². The Balaban J connectivity index is 1.92. The Morgan fingerprint density at radius 2 is 1.87 bits per heavy atom. The summed E-state index contributed by atoms with van der Waals surface area (Å²) in [4.78, 5) is 10.4. The van der Waals surface area contributed by atoms with E-state index in [1.807, 2.05) is 19.1 Å². The Labute approximate surface area is 134 Å². The van der Waals surface area contributed by atoms with Crippen LogP contribution >= 0.6 is 0 Å². The van der Waals surface area contributed by atoms with Gasteiger partial charge in [0.2, 0.25) is 10.0 Å². The second-order valence-corrected chi connectivity index (χ2v) is 7.53. The number of non-ortho nitro benzene ring substituents is 1. The van der Waals surface area contributed by atoms with Crippen LogP contribution < -0.4 is 4.31 Å². The molecule has 120 valence electrons. The second kappa shape index (κ2) is 5.66. The molecule has 23 heavy (non-hydrogen) atoms. The number of anilines is 1. The molecule has 1 aliphatic rings. The van der Waals surface area contributed by atoms with Crippen LogP contribution in [0.1, 0.15) is 16.7 Å². The first-order chi connectivity index (χ1) is 10.9. The van der Waals surface area contributed by atoms with Gasteiger partial charge in [0.15, 0.2) is 0 Å². The highest BCUT2D eigenvalue weighted by Crippen LogP contribution is 2.34. The first-order valence-corrected chi connectivity index (χ1v) is 8.81. The predicted octanol–water partition coefficient (Wildman–Crippen LogP) is 2.80. The molecule has 0 amide bonds. The molecular weight excluding hydrogens is 316 g/mol. The maximum atomic E-state index is 12.7. The fourth-order valence-electron chi connectivity index (χ4n) is 2.71. The van der Waals surface area contributed by atoms with Gasteiger partial charge in [0.1, 0.15) is 0 Å². The van der Waals surface area contributed by atoms with Crippen LogP contribution in [0.5, 0.6) is 0 Å². The summed E-state index contributed by atoms with van der Waals surface area (Å²) < 4.78 is 26.7. The standard InChI is InChI=1S/C16H16N2O4S/c1-12-2-4-13(5-3-12)11-23(21,22)17-9-8-14-6-7-15(18(19)20)10-16(14)17/h2-7,10H,8-9,11H2,1H3. The molecule has 0 unspecified atom stereocenters. The Morgan fingerprint density at radius 3 is 2.52 bits per heavy atom. The van der Waals surface area contributed by atoms with Gasteiger partial charge in [-0.3, -0.25) is 14.4 Å². The normalized spacial score (nSPS) is 13.9. The third-order valence-electron chi connectivity index (χ3n) is 3.94. The van der Waals surface area contributed by atoms with Crippen LogP contribution in [0, 0.1) is 17.0 Å². The van der Waals surface area contributed by atoms with E-state index in [4.69, 9.17) is 0 Å². The summed E-state index contributed by atoms with van der Waals surface area (Å²) in [5, 5.41) is 10.9. The van der Waals surface area contributed by atoms with Crippen LogP contribution in [0.4, 0.5) is 11.4 Å². The van der Waals surface area contributed by atoms with E-state index in [1.54, 1.807) is 18.2 Å². The van der Waals surface area contributed by atoms with Crippen molar-refractivity contribution in [2.24, 2.45) is 0 Å². The summed E-state index contributed by atoms with van der Waals surface area (Å²) in [7, 11) is -3.57. The van der Waals surface area contributed by atoms with Gasteiger partial charge in [-0.05, 0) is 24.5 Å². The SMILES string of the molecule is Cc1ccc(CS(=O)(=O)N2CCc3ccc([N+](=O)[O-])cc32)cc1. The Hall–Kier alpha value is -2.41. The fraction of sp³-hybridized carbons (Fsp3) is 0.250. The molecule has 1 heterocycles. The van der Waals surface area contributed by atoms with Crippen molar-refractivity contribution in [1.82, 2.24) is 0 Å². The fourth-order valence-corrected chi connectivity index (χ4v) is 4.32. The van der Waals surface area contributed by atoms with Crippen LogP contribution in [-0.2, 0) is 22.2 Å². The minimum absolute atomic E-state index is 0.0961. The average Bonchev–Trinajstić information content (AvgIpc) is 2.93. The largest absolute Gasteiger partial charge is 0.271 e. The van der Waals surface area contributed by atoms with Crippen molar-refractivity contribution in [1.29, 1.82) is 0 Å². The molecule has 7 heteroatoms. The average molecular weight is 332 g/mol. The van der Waals surface area contributed by atoms with Gasteiger partial charge in [-0.25, -0.2) is 8.42 Å². The van der Waals surface area contributed by atoms with E-state index in [2.05, 4.69) is 0 Å². The maximum absolute atomic E-state index is 12.7. The van der Waals surface area contributed by atoms with E-state index in [9.17, 15) is 18.5 Å². The van der Waals surface area contributed by atoms with E-state index in [0.29, 0.717) is 24.2 Å². The smallest absolute Gasteiger partial charge is 0.269 e. The number of aryl methyl sites for hydroxylation is 1. The minimum atomic E-state index is -3.57. The quantitative estimate of drug-likeness (QED) is 0.637. The molecule has 0 N–H and O–H groups in total. The summed E-state index contributed by atoms with van der Waals surface area (Å²) in [6, 6.07) is 11.7. The highest BCUT2D eigenvalue weighted by atomic mass is 32.2. The number of hydrogen-bond acceptors (Lipinski definition) is 4. The number of benzene rings is 2. The number of hydrogen-bond donors (Lipinski definition) is 0. The molecule has 3 rings (SSSR count). The van der Waals surface area contributed by atoms with Gasteiger partial charge in [0.05, 0.1) is 16.4 Å². The maximum Gasteiger partial charge on any atom is 0.271 e. The third-order valence-corrected chi connectivity index (χ3v) is 5.69. The summed E-state index contributed by atoms with van der Waals surface area (Å²) >= 11 is 0. The van der Waals surface area contributed by atoms with Gasteiger partial charge in [-0.2, -0.15) is 0 Å². The number of nitrogens with zero attached hydrogens (tertiary/aromatic N) is 2. The van der Waals surface area contributed by atoms with E-state index in [0.717, 1.165) is 11.1 Å². The first-order valence-electron chi connectivity index (χ1n) is 7.20. The third kappa shape index (κ3) is 3.05. The van der Waals surface area contributed by atoms with Crippen molar-refractivity contribution in [2.45, 2.75) is 19.1 Å². The molecule has 0 saturated carbocycles. The number of nitro groups is 1. The molecule has 6 nitrogen and oxygen atoms in total. The molecule has 2 aromatic carbocycles. The molecule has 0 radical (unpaired) electrons. The van der Waals surface area contributed by atoms with Crippen molar-refractivity contribution in [3.8, 4) is 0 Å². The number of sulfonamides is 1. The Morgan fingerprint density at radius 1 is 1.17 bits per heavy atom. The second-order valence-electron chi connectivity index (χ2n) is 5.63. The number of nitro benzene ring substituents is 1. The Kier molecular flexibility index (Phi) is 3.81. The van der Waals surface area contributed by atoms with Crippen LogP contribution in [0.3, 0.4) is 0 Å². The Bertz CT molecular complexity index is 860.